The average molecular weight is 475 g/mol. The summed E-state index contributed by atoms with van der Waals surface area (Å²) in [5, 5.41) is 10.7. The van der Waals surface area contributed by atoms with E-state index in [-0.39, 0.29) is 11.2 Å². The zero-order chi connectivity index (χ0) is 20.9. The Balaban J connectivity index is 1.52. The second-order valence-electron chi connectivity index (χ2n) is 6.35. The van der Waals surface area contributed by atoms with Crippen molar-refractivity contribution in [1.29, 1.82) is 0 Å². The maximum Gasteiger partial charge on any atom is 0.243 e. The number of aromatic nitrogens is 3. The lowest BCUT2D eigenvalue weighted by molar-refractivity contribution is -0.115. The van der Waals surface area contributed by atoms with Crippen molar-refractivity contribution in [2.24, 2.45) is 0 Å². The van der Waals surface area contributed by atoms with Crippen LogP contribution in [0.1, 0.15) is 10.4 Å². The van der Waals surface area contributed by atoms with Gasteiger partial charge in [-0.1, -0.05) is 41.9 Å². The minimum atomic E-state index is -0.0637. The van der Waals surface area contributed by atoms with Crippen molar-refractivity contribution < 1.29 is 4.79 Å². The lowest BCUT2D eigenvalue weighted by Crippen LogP contribution is -2.14. The summed E-state index contributed by atoms with van der Waals surface area (Å²) in [7, 11) is 0. The van der Waals surface area contributed by atoms with Crippen LogP contribution in [0.4, 0.5) is 5.69 Å². The first-order valence-electron chi connectivity index (χ1n) is 9.01. The maximum absolute atomic E-state index is 12.4. The fourth-order valence-electron chi connectivity index (χ4n) is 2.77. The molecule has 9 heteroatoms. The van der Waals surface area contributed by atoms with Crippen molar-refractivity contribution in [3.05, 3.63) is 86.8 Å². The van der Waals surface area contributed by atoms with Gasteiger partial charge in [-0.15, -0.1) is 16.4 Å². The Morgan fingerprint density at radius 3 is 2.63 bits per heavy atom. The quantitative estimate of drug-likeness (QED) is 0.355. The molecule has 0 unspecified atom stereocenters. The van der Waals surface area contributed by atoms with Crippen molar-refractivity contribution in [3.8, 4) is 0 Å². The molecule has 2 heterocycles. The smallest absolute Gasteiger partial charge is 0.243 e. The fourth-order valence-corrected chi connectivity index (χ4v) is 4.73. The molecule has 1 N–H and O–H groups in total. The summed E-state index contributed by atoms with van der Waals surface area (Å²) in [6.45, 7) is 0.506. The van der Waals surface area contributed by atoms with Crippen molar-refractivity contribution in [2.75, 3.05) is 5.32 Å². The standard InChI is InChI=1S/C21H16Cl2N4OS2/c22-15-9-7-14(8-10-15)13-27-21(25-20(23)26-27)30-18-6-2-1-5-17(18)24-19(28)12-16-4-3-11-29-16/h1-11H,12-13H2,(H,24,28). The molecule has 0 aliphatic carbocycles. The minimum absolute atomic E-state index is 0.0637. The zero-order valence-corrected chi connectivity index (χ0v) is 18.7. The molecule has 0 spiro atoms. The van der Waals surface area contributed by atoms with Gasteiger partial charge in [0.25, 0.3) is 0 Å². The normalized spacial score (nSPS) is 10.9. The summed E-state index contributed by atoms with van der Waals surface area (Å²) in [6.07, 6.45) is 0.343. The van der Waals surface area contributed by atoms with Crippen LogP contribution in [0.2, 0.25) is 10.3 Å². The number of amides is 1. The Morgan fingerprint density at radius 2 is 1.87 bits per heavy atom. The number of benzene rings is 2. The lowest BCUT2D eigenvalue weighted by Gasteiger charge is -2.11. The molecule has 30 heavy (non-hydrogen) atoms. The molecule has 4 rings (SSSR count). The van der Waals surface area contributed by atoms with Crippen molar-refractivity contribution in [1.82, 2.24) is 14.8 Å². The van der Waals surface area contributed by atoms with E-state index < -0.39 is 0 Å². The monoisotopic (exact) mass is 474 g/mol. The van der Waals surface area contributed by atoms with Crippen LogP contribution in [0.3, 0.4) is 0 Å². The number of carbonyl (C=O) groups is 1. The average Bonchev–Trinajstić information content (AvgIpc) is 3.34. The molecule has 0 saturated heterocycles. The molecule has 1 amide bonds. The predicted octanol–water partition coefficient (Wildman–Crippen LogP) is 6.03. The lowest BCUT2D eigenvalue weighted by atomic mass is 10.2. The largest absolute Gasteiger partial charge is 0.325 e. The first-order valence-corrected chi connectivity index (χ1v) is 11.5. The van der Waals surface area contributed by atoms with Crippen LogP contribution < -0.4 is 5.32 Å². The second kappa shape index (κ2) is 9.66. The Hall–Kier alpha value is -2.32. The number of carbonyl (C=O) groups excluding carboxylic acids is 1. The molecule has 0 bridgehead atoms. The van der Waals surface area contributed by atoms with E-state index in [1.165, 1.54) is 11.8 Å². The Bertz CT molecular complexity index is 1140. The van der Waals surface area contributed by atoms with Gasteiger partial charge in [0.1, 0.15) is 0 Å². The fraction of sp³-hybridized carbons (Fsp3) is 0.0952. The number of hydrogen-bond donors (Lipinski definition) is 1. The molecule has 0 aliphatic rings. The van der Waals surface area contributed by atoms with Gasteiger partial charge < -0.3 is 5.32 Å². The molecule has 0 aliphatic heterocycles. The van der Waals surface area contributed by atoms with Gasteiger partial charge in [0.2, 0.25) is 11.2 Å². The number of anilines is 1. The number of thiophene rings is 1. The Labute approximate surface area is 192 Å². The number of nitrogens with zero attached hydrogens (tertiary/aromatic N) is 3. The van der Waals surface area contributed by atoms with Crippen LogP contribution in [-0.4, -0.2) is 20.7 Å². The molecule has 5 nitrogen and oxygen atoms in total. The summed E-state index contributed by atoms with van der Waals surface area (Å²) in [4.78, 5) is 18.7. The molecule has 2 aromatic carbocycles. The van der Waals surface area contributed by atoms with E-state index in [4.69, 9.17) is 23.2 Å². The third-order valence-electron chi connectivity index (χ3n) is 4.13. The summed E-state index contributed by atoms with van der Waals surface area (Å²) < 4.78 is 1.74. The van der Waals surface area contributed by atoms with Gasteiger partial charge in [-0.05, 0) is 64.6 Å². The van der Waals surface area contributed by atoms with Crippen LogP contribution in [-0.2, 0) is 17.8 Å². The molecule has 0 atom stereocenters. The van der Waals surface area contributed by atoms with Crippen LogP contribution in [0.5, 0.6) is 0 Å². The Kier molecular flexibility index (Phi) is 6.74. The molecule has 0 saturated carbocycles. The van der Waals surface area contributed by atoms with E-state index in [9.17, 15) is 4.79 Å². The molecule has 4 aromatic rings. The van der Waals surface area contributed by atoms with Crippen LogP contribution in [0.25, 0.3) is 0 Å². The van der Waals surface area contributed by atoms with E-state index in [0.717, 1.165) is 21.0 Å². The molecular weight excluding hydrogens is 459 g/mol. The predicted molar refractivity (Wildman–Crippen MR) is 123 cm³/mol. The first kappa shape index (κ1) is 20.9. The SMILES string of the molecule is O=C(Cc1cccs1)Nc1ccccc1Sc1nc(Cl)nn1Cc1ccc(Cl)cc1. The van der Waals surface area contributed by atoms with Gasteiger partial charge >= 0.3 is 0 Å². The van der Waals surface area contributed by atoms with Gasteiger partial charge in [0.05, 0.1) is 18.7 Å². The number of nitrogens with one attached hydrogen (secondary N) is 1. The van der Waals surface area contributed by atoms with Crippen LogP contribution in [0, 0.1) is 0 Å². The van der Waals surface area contributed by atoms with Gasteiger partial charge in [0, 0.05) is 14.8 Å². The highest BCUT2D eigenvalue weighted by molar-refractivity contribution is 7.99. The van der Waals surface area contributed by atoms with Crippen molar-refractivity contribution >= 4 is 57.9 Å². The summed E-state index contributed by atoms with van der Waals surface area (Å²) >= 11 is 15.0. The van der Waals surface area contributed by atoms with Gasteiger partial charge in [-0.2, -0.15) is 4.98 Å². The van der Waals surface area contributed by atoms with E-state index >= 15 is 0 Å². The number of para-hydroxylation sites is 1. The molecule has 0 fully saturated rings. The summed E-state index contributed by atoms with van der Waals surface area (Å²) in [6, 6.07) is 19.0. The third-order valence-corrected chi connectivity index (χ3v) is 6.48. The highest BCUT2D eigenvalue weighted by Crippen LogP contribution is 2.33. The van der Waals surface area contributed by atoms with E-state index in [1.54, 1.807) is 16.0 Å². The van der Waals surface area contributed by atoms with E-state index in [1.807, 2.05) is 66.0 Å². The van der Waals surface area contributed by atoms with E-state index in [0.29, 0.717) is 23.1 Å². The van der Waals surface area contributed by atoms with Crippen molar-refractivity contribution in [2.45, 2.75) is 23.0 Å². The summed E-state index contributed by atoms with van der Waals surface area (Å²) in [5.74, 6) is -0.0637. The summed E-state index contributed by atoms with van der Waals surface area (Å²) in [5.41, 5.74) is 1.75. The first-order chi connectivity index (χ1) is 14.6. The van der Waals surface area contributed by atoms with Crippen LogP contribution in [0.15, 0.2) is 76.1 Å². The van der Waals surface area contributed by atoms with Crippen LogP contribution >= 0.6 is 46.3 Å². The topological polar surface area (TPSA) is 59.8 Å². The van der Waals surface area contributed by atoms with Gasteiger partial charge in [-0.25, -0.2) is 4.68 Å². The number of rotatable bonds is 7. The number of hydrogen-bond acceptors (Lipinski definition) is 5. The molecule has 2 aromatic heterocycles. The molecular formula is C21H16Cl2N4OS2. The molecule has 152 valence electrons. The van der Waals surface area contributed by atoms with Gasteiger partial charge in [0.15, 0.2) is 5.16 Å². The molecule has 0 radical (unpaired) electrons. The van der Waals surface area contributed by atoms with Crippen molar-refractivity contribution in [3.63, 3.8) is 0 Å². The highest BCUT2D eigenvalue weighted by atomic mass is 35.5. The third kappa shape index (κ3) is 5.43. The number of halogens is 2. The van der Waals surface area contributed by atoms with Gasteiger partial charge in [-0.3, -0.25) is 4.79 Å². The maximum atomic E-state index is 12.4. The second-order valence-corrected chi connectivity index (χ2v) is 9.17. The zero-order valence-electron chi connectivity index (χ0n) is 15.6. The highest BCUT2D eigenvalue weighted by Gasteiger charge is 2.15. The Morgan fingerprint density at radius 1 is 1.07 bits per heavy atom. The van der Waals surface area contributed by atoms with E-state index in [2.05, 4.69) is 15.4 Å². The minimum Gasteiger partial charge on any atom is -0.325 e.